The molecule has 1 saturated heterocycles. The van der Waals surface area contributed by atoms with E-state index in [4.69, 9.17) is 10.5 Å². The summed E-state index contributed by atoms with van der Waals surface area (Å²) in [5, 5.41) is 3.31. The number of amides is 1. The standard InChI is InChI=1S/C16H24N2O2/c1-11-6-7-14(12(2)9-11)16(3,15(17)19)18-10-13-5-4-8-20-13/h6-7,9,13,18H,4-5,8,10H2,1-3H3,(H2,17,19). The van der Waals surface area contributed by atoms with Crippen LogP contribution in [0.4, 0.5) is 0 Å². The van der Waals surface area contributed by atoms with Gasteiger partial charge < -0.3 is 10.5 Å². The third-order valence-electron chi connectivity index (χ3n) is 4.12. The van der Waals surface area contributed by atoms with Gasteiger partial charge in [0.2, 0.25) is 5.91 Å². The Morgan fingerprint density at radius 3 is 2.80 bits per heavy atom. The van der Waals surface area contributed by atoms with Gasteiger partial charge in [0.1, 0.15) is 5.54 Å². The van der Waals surface area contributed by atoms with Gasteiger partial charge in [0.05, 0.1) is 6.10 Å². The van der Waals surface area contributed by atoms with Gasteiger partial charge in [-0.2, -0.15) is 0 Å². The maximum absolute atomic E-state index is 12.0. The summed E-state index contributed by atoms with van der Waals surface area (Å²) in [6, 6.07) is 6.07. The highest BCUT2D eigenvalue weighted by atomic mass is 16.5. The molecule has 1 aliphatic heterocycles. The van der Waals surface area contributed by atoms with Gasteiger partial charge in [-0.25, -0.2) is 0 Å². The Kier molecular flexibility index (Phi) is 4.45. The number of ether oxygens (including phenoxy) is 1. The highest BCUT2D eigenvalue weighted by Crippen LogP contribution is 2.25. The first kappa shape index (κ1) is 15.0. The van der Waals surface area contributed by atoms with Crippen LogP contribution in [0.2, 0.25) is 0 Å². The van der Waals surface area contributed by atoms with Crippen molar-refractivity contribution in [3.05, 3.63) is 34.9 Å². The minimum Gasteiger partial charge on any atom is -0.377 e. The molecule has 20 heavy (non-hydrogen) atoms. The third-order valence-corrected chi connectivity index (χ3v) is 4.12. The minimum atomic E-state index is -0.857. The number of hydrogen-bond donors (Lipinski definition) is 2. The van der Waals surface area contributed by atoms with Crippen molar-refractivity contribution >= 4 is 5.91 Å². The first-order valence-electron chi connectivity index (χ1n) is 7.18. The molecule has 3 N–H and O–H groups in total. The summed E-state index contributed by atoms with van der Waals surface area (Å²) in [6.45, 7) is 7.35. The van der Waals surface area contributed by atoms with E-state index in [9.17, 15) is 4.79 Å². The molecule has 0 aliphatic carbocycles. The van der Waals surface area contributed by atoms with Crippen LogP contribution >= 0.6 is 0 Å². The molecule has 1 aromatic carbocycles. The number of aryl methyl sites for hydroxylation is 2. The number of carbonyl (C=O) groups excluding carboxylic acids is 1. The summed E-state index contributed by atoms with van der Waals surface area (Å²) in [5.74, 6) is -0.359. The number of rotatable bonds is 5. The average molecular weight is 276 g/mol. The minimum absolute atomic E-state index is 0.180. The summed E-state index contributed by atoms with van der Waals surface area (Å²) in [4.78, 5) is 12.0. The molecule has 1 fully saturated rings. The Morgan fingerprint density at radius 2 is 2.25 bits per heavy atom. The van der Waals surface area contributed by atoms with Crippen LogP contribution in [-0.4, -0.2) is 25.2 Å². The summed E-state index contributed by atoms with van der Waals surface area (Å²) in [7, 11) is 0. The Balaban J connectivity index is 2.21. The molecule has 1 aromatic rings. The van der Waals surface area contributed by atoms with Gasteiger partial charge in [-0.1, -0.05) is 23.8 Å². The van der Waals surface area contributed by atoms with E-state index in [0.29, 0.717) is 6.54 Å². The predicted octanol–water partition coefficient (Wildman–Crippen LogP) is 1.77. The lowest BCUT2D eigenvalue weighted by Gasteiger charge is -2.31. The highest BCUT2D eigenvalue weighted by Gasteiger charge is 2.35. The number of carbonyl (C=O) groups is 1. The lowest BCUT2D eigenvalue weighted by atomic mass is 9.87. The van der Waals surface area contributed by atoms with Gasteiger partial charge in [-0.05, 0) is 44.7 Å². The zero-order valence-corrected chi connectivity index (χ0v) is 12.5. The van der Waals surface area contributed by atoms with Crippen LogP contribution in [-0.2, 0) is 15.1 Å². The molecule has 2 unspecified atom stereocenters. The fraction of sp³-hybridized carbons (Fsp3) is 0.562. The van der Waals surface area contributed by atoms with Gasteiger partial charge >= 0.3 is 0 Å². The van der Waals surface area contributed by atoms with Crippen molar-refractivity contribution < 1.29 is 9.53 Å². The van der Waals surface area contributed by atoms with E-state index in [2.05, 4.69) is 11.4 Å². The predicted molar refractivity (Wildman–Crippen MR) is 79.4 cm³/mol. The molecular weight excluding hydrogens is 252 g/mol. The molecule has 4 nitrogen and oxygen atoms in total. The zero-order valence-electron chi connectivity index (χ0n) is 12.5. The third kappa shape index (κ3) is 3.02. The Labute approximate surface area is 120 Å². The van der Waals surface area contributed by atoms with Crippen molar-refractivity contribution in [2.45, 2.75) is 45.3 Å². The van der Waals surface area contributed by atoms with Gasteiger partial charge in [0.15, 0.2) is 0 Å². The molecule has 1 heterocycles. The van der Waals surface area contributed by atoms with Crippen LogP contribution in [0, 0.1) is 13.8 Å². The van der Waals surface area contributed by atoms with Gasteiger partial charge in [-0.3, -0.25) is 10.1 Å². The van der Waals surface area contributed by atoms with Crippen LogP contribution in [0.3, 0.4) is 0 Å². The van der Waals surface area contributed by atoms with E-state index in [1.165, 1.54) is 5.56 Å². The molecule has 1 aliphatic rings. The summed E-state index contributed by atoms with van der Waals surface area (Å²) >= 11 is 0. The smallest absolute Gasteiger partial charge is 0.242 e. The fourth-order valence-electron chi connectivity index (χ4n) is 2.81. The first-order valence-corrected chi connectivity index (χ1v) is 7.18. The number of nitrogens with two attached hydrogens (primary N) is 1. The second kappa shape index (κ2) is 5.94. The molecule has 0 saturated carbocycles. The maximum Gasteiger partial charge on any atom is 0.242 e. The molecule has 0 aromatic heterocycles. The molecule has 110 valence electrons. The first-order chi connectivity index (χ1) is 9.43. The van der Waals surface area contributed by atoms with Crippen molar-refractivity contribution in [1.82, 2.24) is 5.32 Å². The largest absolute Gasteiger partial charge is 0.377 e. The van der Waals surface area contributed by atoms with E-state index < -0.39 is 5.54 Å². The number of primary amides is 1. The van der Waals surface area contributed by atoms with E-state index >= 15 is 0 Å². The Bertz CT molecular complexity index is 495. The van der Waals surface area contributed by atoms with E-state index in [0.717, 1.165) is 30.6 Å². The van der Waals surface area contributed by atoms with Crippen molar-refractivity contribution in [1.29, 1.82) is 0 Å². The number of hydrogen-bond acceptors (Lipinski definition) is 3. The lowest BCUT2D eigenvalue weighted by Crippen LogP contribution is -2.52. The van der Waals surface area contributed by atoms with E-state index in [1.807, 2.05) is 32.9 Å². The van der Waals surface area contributed by atoms with Crippen LogP contribution in [0.25, 0.3) is 0 Å². The van der Waals surface area contributed by atoms with Gasteiger partial charge in [0.25, 0.3) is 0 Å². The van der Waals surface area contributed by atoms with E-state index in [1.54, 1.807) is 0 Å². The van der Waals surface area contributed by atoms with Crippen molar-refractivity contribution in [2.24, 2.45) is 5.73 Å². The number of benzene rings is 1. The van der Waals surface area contributed by atoms with Crippen molar-refractivity contribution in [3.8, 4) is 0 Å². The SMILES string of the molecule is Cc1ccc(C(C)(NCC2CCCO2)C(N)=O)c(C)c1. The maximum atomic E-state index is 12.0. The van der Waals surface area contributed by atoms with Crippen LogP contribution in [0.5, 0.6) is 0 Å². The quantitative estimate of drug-likeness (QED) is 0.861. The summed E-state index contributed by atoms with van der Waals surface area (Å²) in [6.07, 6.45) is 2.30. The molecule has 0 radical (unpaired) electrons. The Hall–Kier alpha value is -1.39. The molecule has 1 amide bonds. The highest BCUT2D eigenvalue weighted by molar-refractivity contribution is 5.86. The van der Waals surface area contributed by atoms with Crippen LogP contribution in [0.1, 0.15) is 36.5 Å². The normalized spacial score (nSPS) is 21.6. The molecule has 2 atom stereocenters. The lowest BCUT2D eigenvalue weighted by molar-refractivity contribution is -0.124. The number of nitrogens with one attached hydrogen (secondary N) is 1. The molecular formula is C16H24N2O2. The molecule has 4 heteroatoms. The van der Waals surface area contributed by atoms with Crippen LogP contribution < -0.4 is 11.1 Å². The molecule has 0 bridgehead atoms. The monoisotopic (exact) mass is 276 g/mol. The van der Waals surface area contributed by atoms with Gasteiger partial charge in [0, 0.05) is 13.2 Å². The second-order valence-electron chi connectivity index (χ2n) is 5.82. The van der Waals surface area contributed by atoms with E-state index in [-0.39, 0.29) is 12.0 Å². The zero-order chi connectivity index (χ0) is 14.8. The topological polar surface area (TPSA) is 64.3 Å². The summed E-state index contributed by atoms with van der Waals surface area (Å²) < 4.78 is 5.60. The van der Waals surface area contributed by atoms with Crippen LogP contribution in [0.15, 0.2) is 18.2 Å². The summed E-state index contributed by atoms with van der Waals surface area (Å²) in [5.41, 5.74) is 7.99. The average Bonchev–Trinajstić information content (AvgIpc) is 2.88. The van der Waals surface area contributed by atoms with Crippen molar-refractivity contribution in [3.63, 3.8) is 0 Å². The molecule has 0 spiro atoms. The van der Waals surface area contributed by atoms with Crippen molar-refractivity contribution in [2.75, 3.05) is 13.2 Å². The molecule has 2 rings (SSSR count). The Morgan fingerprint density at radius 1 is 1.50 bits per heavy atom. The fourth-order valence-corrected chi connectivity index (χ4v) is 2.81. The van der Waals surface area contributed by atoms with Gasteiger partial charge in [-0.15, -0.1) is 0 Å². The second-order valence-corrected chi connectivity index (χ2v) is 5.82.